The number of ether oxygens (including phenoxy) is 1. The van der Waals surface area contributed by atoms with E-state index in [9.17, 15) is 4.39 Å². The van der Waals surface area contributed by atoms with Crippen LogP contribution in [-0.2, 0) is 11.2 Å². The second-order valence-corrected chi connectivity index (χ2v) is 4.87. The molecule has 1 N–H and O–H groups in total. The third-order valence-corrected chi connectivity index (χ3v) is 3.75. The number of hydrogen-bond donors (Lipinski definition) is 1. The molecule has 1 rings (SSSR count). The molecule has 0 amide bonds. The van der Waals surface area contributed by atoms with Crippen molar-refractivity contribution in [2.75, 3.05) is 14.2 Å². The van der Waals surface area contributed by atoms with Gasteiger partial charge in [0.05, 0.1) is 6.10 Å². The van der Waals surface area contributed by atoms with E-state index >= 15 is 0 Å². The van der Waals surface area contributed by atoms with Gasteiger partial charge in [-0.05, 0) is 43.7 Å². The van der Waals surface area contributed by atoms with Gasteiger partial charge in [-0.15, -0.1) is 0 Å². The molecule has 2 nitrogen and oxygen atoms in total. The molecule has 0 saturated heterocycles. The highest BCUT2D eigenvalue weighted by atomic mass is 79.9. The van der Waals surface area contributed by atoms with Gasteiger partial charge in [0.25, 0.3) is 0 Å². The summed E-state index contributed by atoms with van der Waals surface area (Å²) in [6, 6.07) is 4.94. The molecular weight excluding hydrogens is 285 g/mol. The van der Waals surface area contributed by atoms with Crippen molar-refractivity contribution >= 4 is 15.9 Å². The zero-order valence-corrected chi connectivity index (χ0v) is 12.1. The molecule has 1 aromatic carbocycles. The molecule has 0 fully saturated rings. The lowest BCUT2D eigenvalue weighted by atomic mass is 9.99. The molecule has 0 aromatic heterocycles. The van der Waals surface area contributed by atoms with Crippen molar-refractivity contribution in [1.29, 1.82) is 0 Å². The van der Waals surface area contributed by atoms with Crippen LogP contribution in [-0.4, -0.2) is 26.3 Å². The van der Waals surface area contributed by atoms with Gasteiger partial charge in [0, 0.05) is 17.6 Å². The number of methoxy groups -OCH3 is 1. The van der Waals surface area contributed by atoms with Crippen LogP contribution in [0, 0.1) is 5.82 Å². The van der Waals surface area contributed by atoms with Gasteiger partial charge in [-0.2, -0.15) is 0 Å². The van der Waals surface area contributed by atoms with E-state index in [4.69, 9.17) is 4.74 Å². The number of likely N-dealkylation sites (N-methyl/N-ethyl adjacent to an activating group) is 1. The quantitative estimate of drug-likeness (QED) is 0.872. The third-order valence-electron chi connectivity index (χ3n) is 2.97. The molecule has 0 heterocycles. The Bertz CT molecular complexity index is 355. The van der Waals surface area contributed by atoms with Gasteiger partial charge in [0.2, 0.25) is 0 Å². The summed E-state index contributed by atoms with van der Waals surface area (Å²) in [6.07, 6.45) is 1.80. The third kappa shape index (κ3) is 4.05. The molecule has 0 spiro atoms. The Morgan fingerprint density at radius 1 is 1.47 bits per heavy atom. The molecule has 0 saturated carbocycles. The number of benzene rings is 1. The Hall–Kier alpha value is -0.450. The normalized spacial score (nSPS) is 14.6. The minimum Gasteiger partial charge on any atom is -0.380 e. The molecule has 0 bridgehead atoms. The van der Waals surface area contributed by atoms with Crippen LogP contribution in [0.5, 0.6) is 0 Å². The molecule has 96 valence electrons. The highest BCUT2D eigenvalue weighted by Crippen LogP contribution is 2.21. The van der Waals surface area contributed by atoms with Crippen LogP contribution in [0.2, 0.25) is 0 Å². The van der Waals surface area contributed by atoms with Crippen LogP contribution in [0.15, 0.2) is 22.7 Å². The Kier molecular flexibility index (Phi) is 6.09. The average molecular weight is 304 g/mol. The number of nitrogens with one attached hydrogen (secondary N) is 1. The van der Waals surface area contributed by atoms with Gasteiger partial charge in [-0.25, -0.2) is 4.39 Å². The lowest BCUT2D eigenvalue weighted by molar-refractivity contribution is 0.0677. The molecule has 0 aliphatic rings. The smallest absolute Gasteiger partial charge is 0.123 e. The average Bonchev–Trinajstić information content (AvgIpc) is 2.33. The van der Waals surface area contributed by atoms with Crippen LogP contribution < -0.4 is 5.32 Å². The summed E-state index contributed by atoms with van der Waals surface area (Å²) in [7, 11) is 3.61. The van der Waals surface area contributed by atoms with Gasteiger partial charge in [-0.3, -0.25) is 0 Å². The van der Waals surface area contributed by atoms with Crippen molar-refractivity contribution in [3.63, 3.8) is 0 Å². The fourth-order valence-corrected chi connectivity index (χ4v) is 2.38. The second-order valence-electron chi connectivity index (χ2n) is 4.02. The van der Waals surface area contributed by atoms with Crippen molar-refractivity contribution in [3.8, 4) is 0 Å². The molecule has 2 unspecified atom stereocenters. The van der Waals surface area contributed by atoms with E-state index in [-0.39, 0.29) is 18.0 Å². The summed E-state index contributed by atoms with van der Waals surface area (Å²) in [6.45, 7) is 2.08. The minimum atomic E-state index is -0.205. The number of rotatable bonds is 6. The van der Waals surface area contributed by atoms with E-state index in [0.717, 1.165) is 22.9 Å². The summed E-state index contributed by atoms with van der Waals surface area (Å²) < 4.78 is 19.6. The lowest BCUT2D eigenvalue weighted by Gasteiger charge is -2.25. The first-order valence-electron chi connectivity index (χ1n) is 5.76. The van der Waals surface area contributed by atoms with Crippen LogP contribution in [0.25, 0.3) is 0 Å². The van der Waals surface area contributed by atoms with E-state index < -0.39 is 0 Å². The molecule has 17 heavy (non-hydrogen) atoms. The number of hydrogen-bond acceptors (Lipinski definition) is 2. The predicted octanol–water partition coefficient (Wildman–Crippen LogP) is 3.14. The highest BCUT2D eigenvalue weighted by Gasteiger charge is 2.19. The first-order chi connectivity index (χ1) is 8.12. The first-order valence-corrected chi connectivity index (χ1v) is 6.55. The standard InChI is InChI=1S/C13H19BrFNO/c1-4-13(17-3)12(16-2)8-9-7-10(15)5-6-11(9)14/h5-7,12-13,16H,4,8H2,1-3H3. The van der Waals surface area contributed by atoms with E-state index in [2.05, 4.69) is 28.2 Å². The topological polar surface area (TPSA) is 21.3 Å². The minimum absolute atomic E-state index is 0.134. The van der Waals surface area contributed by atoms with Gasteiger partial charge in [0.1, 0.15) is 5.82 Å². The maximum Gasteiger partial charge on any atom is 0.123 e. The molecule has 4 heteroatoms. The maximum absolute atomic E-state index is 13.2. The largest absolute Gasteiger partial charge is 0.380 e. The monoisotopic (exact) mass is 303 g/mol. The van der Waals surface area contributed by atoms with Crippen LogP contribution in [0.1, 0.15) is 18.9 Å². The van der Waals surface area contributed by atoms with E-state index in [0.29, 0.717) is 0 Å². The molecule has 0 aliphatic carbocycles. The predicted molar refractivity (Wildman–Crippen MR) is 71.7 cm³/mol. The van der Waals surface area contributed by atoms with E-state index in [1.54, 1.807) is 19.2 Å². The number of halogens is 2. The Morgan fingerprint density at radius 3 is 2.71 bits per heavy atom. The Balaban J connectivity index is 2.83. The van der Waals surface area contributed by atoms with Crippen molar-refractivity contribution in [2.45, 2.75) is 31.9 Å². The highest BCUT2D eigenvalue weighted by molar-refractivity contribution is 9.10. The van der Waals surface area contributed by atoms with Crippen molar-refractivity contribution in [3.05, 3.63) is 34.1 Å². The molecule has 0 aliphatic heterocycles. The first kappa shape index (κ1) is 14.6. The van der Waals surface area contributed by atoms with Crippen molar-refractivity contribution in [1.82, 2.24) is 5.32 Å². The van der Waals surface area contributed by atoms with Gasteiger partial charge in [-0.1, -0.05) is 22.9 Å². The maximum atomic E-state index is 13.2. The van der Waals surface area contributed by atoms with Crippen LogP contribution in [0.3, 0.4) is 0 Å². The van der Waals surface area contributed by atoms with Gasteiger partial charge < -0.3 is 10.1 Å². The molecular formula is C13H19BrFNO. The van der Waals surface area contributed by atoms with Crippen molar-refractivity contribution < 1.29 is 9.13 Å². The Morgan fingerprint density at radius 2 is 2.18 bits per heavy atom. The SMILES string of the molecule is CCC(OC)C(Cc1cc(F)ccc1Br)NC. The molecule has 0 radical (unpaired) electrons. The Labute approximate surface area is 111 Å². The summed E-state index contributed by atoms with van der Waals surface area (Å²) in [5.74, 6) is -0.205. The summed E-state index contributed by atoms with van der Waals surface area (Å²) in [4.78, 5) is 0. The second kappa shape index (κ2) is 7.09. The van der Waals surface area contributed by atoms with Crippen LogP contribution in [0.4, 0.5) is 4.39 Å². The lowest BCUT2D eigenvalue weighted by Crippen LogP contribution is -2.40. The van der Waals surface area contributed by atoms with Crippen molar-refractivity contribution in [2.24, 2.45) is 0 Å². The summed E-state index contributed by atoms with van der Waals surface area (Å²) in [5, 5.41) is 3.23. The van der Waals surface area contributed by atoms with Gasteiger partial charge in [0.15, 0.2) is 0 Å². The zero-order chi connectivity index (χ0) is 12.8. The van der Waals surface area contributed by atoms with E-state index in [1.807, 2.05) is 7.05 Å². The molecule has 1 aromatic rings. The van der Waals surface area contributed by atoms with E-state index in [1.165, 1.54) is 6.07 Å². The summed E-state index contributed by atoms with van der Waals surface area (Å²) >= 11 is 3.45. The molecule has 2 atom stereocenters. The fourth-order valence-electron chi connectivity index (χ4n) is 1.97. The summed E-state index contributed by atoms with van der Waals surface area (Å²) in [5.41, 5.74) is 0.958. The van der Waals surface area contributed by atoms with Crippen LogP contribution >= 0.6 is 15.9 Å². The zero-order valence-electron chi connectivity index (χ0n) is 10.5. The van der Waals surface area contributed by atoms with Gasteiger partial charge >= 0.3 is 0 Å². The fraction of sp³-hybridized carbons (Fsp3) is 0.538.